The number of hydrogen-bond acceptors (Lipinski definition) is 5. The van der Waals surface area contributed by atoms with Gasteiger partial charge < -0.3 is 15.4 Å². The number of anilines is 1. The predicted molar refractivity (Wildman–Crippen MR) is 168 cm³/mol. The highest BCUT2D eigenvalue weighted by molar-refractivity contribution is 6.03. The Hall–Kier alpha value is -5.17. The highest BCUT2D eigenvalue weighted by atomic mass is 16.5. The van der Waals surface area contributed by atoms with Crippen LogP contribution in [0, 0.1) is 0 Å². The van der Waals surface area contributed by atoms with Crippen LogP contribution in [0.25, 0.3) is 28.2 Å². The normalized spacial score (nSPS) is 15.2. The number of allylic oxidation sites excluding steroid dienone is 1. The van der Waals surface area contributed by atoms with Gasteiger partial charge >= 0.3 is 0 Å². The number of carbonyl (C=O) groups excluding carboxylic acids is 1. The fourth-order valence-corrected chi connectivity index (χ4v) is 5.53. The lowest BCUT2D eigenvalue weighted by atomic mass is 10.0. The van der Waals surface area contributed by atoms with Gasteiger partial charge in [0.2, 0.25) is 5.91 Å². The second-order valence-corrected chi connectivity index (χ2v) is 10.4. The van der Waals surface area contributed by atoms with Gasteiger partial charge in [0.15, 0.2) is 0 Å². The fourth-order valence-electron chi connectivity index (χ4n) is 5.53. The summed E-state index contributed by atoms with van der Waals surface area (Å²) in [5, 5.41) is 5.97. The number of pyridine rings is 1. The first kappa shape index (κ1) is 27.0. The standard InChI is InChI=1S/C35H33N5O2/c1-2-31(41)39-22-10-15-28(24-39)40-34-27(14-9-13-25-11-5-3-6-12-25)23-37-35(36)32(34)33(38-40)26-18-20-30(21-19-26)42-29-16-7-4-8-17-29/h2-9,11-12,14,16-21,23,28H,1,10,13,15,22,24H2,(H2,36,37). The van der Waals surface area contributed by atoms with Crippen LogP contribution in [0.3, 0.4) is 0 Å². The van der Waals surface area contributed by atoms with Crippen molar-refractivity contribution in [2.75, 3.05) is 18.8 Å². The smallest absolute Gasteiger partial charge is 0.246 e. The molecule has 210 valence electrons. The SMILES string of the molecule is C=CC(=O)N1CCCC(n2nc(-c3ccc(Oc4ccccc4)cc3)c3c(N)ncc(C=CCc4ccccc4)c32)C1. The summed E-state index contributed by atoms with van der Waals surface area (Å²) < 4.78 is 8.07. The maximum Gasteiger partial charge on any atom is 0.246 e. The van der Waals surface area contributed by atoms with Crippen molar-refractivity contribution in [1.29, 1.82) is 0 Å². The molecule has 2 N–H and O–H groups in total. The van der Waals surface area contributed by atoms with Gasteiger partial charge in [-0.25, -0.2) is 4.98 Å². The first-order chi connectivity index (χ1) is 20.6. The van der Waals surface area contributed by atoms with E-state index in [4.69, 9.17) is 15.6 Å². The first-order valence-corrected chi connectivity index (χ1v) is 14.2. The minimum atomic E-state index is -0.0606. The lowest BCUT2D eigenvalue weighted by Gasteiger charge is -2.32. The Morgan fingerprint density at radius 1 is 1.00 bits per heavy atom. The number of nitrogens with two attached hydrogens (primary N) is 1. The predicted octanol–water partition coefficient (Wildman–Crippen LogP) is 7.08. The molecule has 1 fully saturated rings. The van der Waals surface area contributed by atoms with Gasteiger partial charge in [-0.2, -0.15) is 5.10 Å². The number of aromatic nitrogens is 3. The molecule has 7 heteroatoms. The topological polar surface area (TPSA) is 86.3 Å². The summed E-state index contributed by atoms with van der Waals surface area (Å²) in [6.45, 7) is 4.96. The number of nitrogens with zero attached hydrogens (tertiary/aromatic N) is 4. The molecule has 6 rings (SSSR count). The third-order valence-corrected chi connectivity index (χ3v) is 7.61. The largest absolute Gasteiger partial charge is 0.457 e. The van der Waals surface area contributed by atoms with Gasteiger partial charge in [-0.1, -0.05) is 67.3 Å². The van der Waals surface area contributed by atoms with E-state index in [-0.39, 0.29) is 11.9 Å². The Morgan fingerprint density at radius 3 is 2.45 bits per heavy atom. The molecule has 1 atom stereocenters. The van der Waals surface area contributed by atoms with Crippen molar-refractivity contribution < 1.29 is 9.53 Å². The number of benzene rings is 3. The molecule has 5 aromatic rings. The maximum absolute atomic E-state index is 12.5. The molecule has 0 spiro atoms. The number of likely N-dealkylation sites (tertiary alicyclic amines) is 1. The van der Waals surface area contributed by atoms with E-state index >= 15 is 0 Å². The van der Waals surface area contributed by atoms with Crippen molar-refractivity contribution in [2.45, 2.75) is 25.3 Å². The number of ether oxygens (including phenoxy) is 1. The van der Waals surface area contributed by atoms with Gasteiger partial charge in [0.25, 0.3) is 0 Å². The van der Waals surface area contributed by atoms with Crippen LogP contribution in [0.15, 0.2) is 110 Å². The van der Waals surface area contributed by atoms with Crippen molar-refractivity contribution >= 4 is 28.7 Å². The van der Waals surface area contributed by atoms with E-state index in [1.165, 1.54) is 11.6 Å². The van der Waals surface area contributed by atoms with Gasteiger partial charge in [-0.3, -0.25) is 9.48 Å². The molecule has 3 heterocycles. The number of rotatable bonds is 8. The third-order valence-electron chi connectivity index (χ3n) is 7.61. The number of hydrogen-bond donors (Lipinski definition) is 1. The van der Waals surface area contributed by atoms with E-state index in [2.05, 4.69) is 40.5 Å². The zero-order valence-electron chi connectivity index (χ0n) is 23.4. The van der Waals surface area contributed by atoms with Crippen LogP contribution in [0.5, 0.6) is 11.5 Å². The Balaban J connectivity index is 1.41. The molecule has 0 radical (unpaired) electrons. The maximum atomic E-state index is 12.5. The third kappa shape index (κ3) is 5.67. The zero-order valence-corrected chi connectivity index (χ0v) is 23.4. The number of amides is 1. The fraction of sp³-hybridized carbons (Fsp3) is 0.171. The Morgan fingerprint density at radius 2 is 1.71 bits per heavy atom. The number of carbonyl (C=O) groups is 1. The minimum absolute atomic E-state index is 0.0114. The van der Waals surface area contributed by atoms with E-state index in [1.54, 1.807) is 0 Å². The molecule has 0 bridgehead atoms. The number of para-hydroxylation sites is 1. The van der Waals surface area contributed by atoms with Crippen LogP contribution in [-0.4, -0.2) is 38.7 Å². The zero-order chi connectivity index (χ0) is 28.9. The molecule has 42 heavy (non-hydrogen) atoms. The first-order valence-electron chi connectivity index (χ1n) is 14.2. The molecular weight excluding hydrogens is 522 g/mol. The van der Waals surface area contributed by atoms with Crippen LogP contribution in [0.4, 0.5) is 5.82 Å². The molecule has 0 aliphatic carbocycles. The van der Waals surface area contributed by atoms with Gasteiger partial charge in [0, 0.05) is 30.4 Å². The Labute approximate surface area is 245 Å². The lowest BCUT2D eigenvalue weighted by molar-refractivity contribution is -0.127. The van der Waals surface area contributed by atoms with Gasteiger partial charge in [-0.15, -0.1) is 0 Å². The Bertz CT molecular complexity index is 1730. The molecule has 1 aliphatic heterocycles. The monoisotopic (exact) mass is 555 g/mol. The van der Waals surface area contributed by atoms with Crippen LogP contribution in [0.1, 0.15) is 30.0 Å². The molecule has 1 saturated heterocycles. The molecule has 0 saturated carbocycles. The van der Waals surface area contributed by atoms with Crippen molar-refractivity contribution in [3.63, 3.8) is 0 Å². The Kier molecular flexibility index (Phi) is 7.81. The highest BCUT2D eigenvalue weighted by Gasteiger charge is 2.28. The average molecular weight is 556 g/mol. The number of nitrogen functional groups attached to an aromatic ring is 1. The van der Waals surface area contributed by atoms with Crippen LogP contribution in [-0.2, 0) is 11.2 Å². The molecule has 1 aliphatic rings. The van der Waals surface area contributed by atoms with Gasteiger partial charge in [0.1, 0.15) is 23.0 Å². The quantitative estimate of drug-likeness (QED) is 0.207. The summed E-state index contributed by atoms with van der Waals surface area (Å²) in [5.74, 6) is 1.87. The minimum Gasteiger partial charge on any atom is -0.457 e. The summed E-state index contributed by atoms with van der Waals surface area (Å²) in [6.07, 6.45) is 10.0. The summed E-state index contributed by atoms with van der Waals surface area (Å²) in [4.78, 5) is 18.9. The van der Waals surface area contributed by atoms with E-state index in [1.807, 2.05) is 83.9 Å². The molecule has 7 nitrogen and oxygen atoms in total. The summed E-state index contributed by atoms with van der Waals surface area (Å²) in [5.41, 5.74) is 11.3. The lowest BCUT2D eigenvalue weighted by Crippen LogP contribution is -2.40. The van der Waals surface area contributed by atoms with E-state index in [0.717, 1.165) is 58.5 Å². The van der Waals surface area contributed by atoms with Crippen molar-refractivity contribution in [3.05, 3.63) is 121 Å². The second kappa shape index (κ2) is 12.1. The summed E-state index contributed by atoms with van der Waals surface area (Å²) in [6, 6.07) is 27.9. The van der Waals surface area contributed by atoms with E-state index in [0.29, 0.717) is 18.9 Å². The van der Waals surface area contributed by atoms with Crippen LogP contribution >= 0.6 is 0 Å². The molecule has 3 aromatic carbocycles. The summed E-state index contributed by atoms with van der Waals surface area (Å²) >= 11 is 0. The van der Waals surface area contributed by atoms with Gasteiger partial charge in [0.05, 0.1) is 16.9 Å². The second-order valence-electron chi connectivity index (χ2n) is 10.4. The van der Waals surface area contributed by atoms with Crippen molar-refractivity contribution in [3.8, 4) is 22.8 Å². The molecule has 1 amide bonds. The average Bonchev–Trinajstić information content (AvgIpc) is 3.45. The van der Waals surface area contributed by atoms with Crippen molar-refractivity contribution in [1.82, 2.24) is 19.7 Å². The van der Waals surface area contributed by atoms with Gasteiger partial charge in [-0.05, 0) is 67.3 Å². The molecule has 2 aromatic heterocycles. The van der Waals surface area contributed by atoms with Crippen LogP contribution in [0.2, 0.25) is 0 Å². The number of fused-ring (bicyclic) bond motifs is 1. The molecular formula is C35H33N5O2. The highest BCUT2D eigenvalue weighted by Crippen LogP contribution is 2.37. The van der Waals surface area contributed by atoms with Crippen LogP contribution < -0.4 is 10.5 Å². The number of piperidine rings is 1. The van der Waals surface area contributed by atoms with Crippen molar-refractivity contribution in [2.24, 2.45) is 0 Å². The van der Waals surface area contributed by atoms with E-state index in [9.17, 15) is 4.79 Å². The summed E-state index contributed by atoms with van der Waals surface area (Å²) in [7, 11) is 0. The molecule has 1 unspecified atom stereocenters. The van der Waals surface area contributed by atoms with E-state index < -0.39 is 0 Å².